The quantitative estimate of drug-likeness (QED) is 0.832. The van der Waals surface area contributed by atoms with Gasteiger partial charge < -0.3 is 10.6 Å². The van der Waals surface area contributed by atoms with Gasteiger partial charge in [0.2, 0.25) is 0 Å². The van der Waals surface area contributed by atoms with Gasteiger partial charge in [-0.2, -0.15) is 0 Å². The number of rotatable bonds is 3. The molecule has 2 saturated carbocycles. The SMILES string of the molecule is NC1(CCN2CCC[C@H]3CCCC[C@H]32)CCCC1. The van der Waals surface area contributed by atoms with Crippen LogP contribution < -0.4 is 5.73 Å². The zero-order valence-corrected chi connectivity index (χ0v) is 11.9. The van der Waals surface area contributed by atoms with Crippen molar-refractivity contribution in [2.45, 2.75) is 82.2 Å². The Morgan fingerprint density at radius 1 is 0.944 bits per heavy atom. The van der Waals surface area contributed by atoms with Crippen LogP contribution in [0.1, 0.15) is 70.6 Å². The van der Waals surface area contributed by atoms with Crippen LogP contribution in [-0.2, 0) is 0 Å². The van der Waals surface area contributed by atoms with Crippen LogP contribution in [0.4, 0.5) is 0 Å². The summed E-state index contributed by atoms with van der Waals surface area (Å²) < 4.78 is 0. The first-order valence-electron chi connectivity index (χ1n) is 8.30. The van der Waals surface area contributed by atoms with Gasteiger partial charge in [-0.1, -0.05) is 25.7 Å². The molecule has 2 heteroatoms. The largest absolute Gasteiger partial charge is 0.325 e. The zero-order chi connectivity index (χ0) is 12.4. The smallest absolute Gasteiger partial charge is 0.0166 e. The highest BCUT2D eigenvalue weighted by Crippen LogP contribution is 2.36. The van der Waals surface area contributed by atoms with Crippen molar-refractivity contribution in [3.8, 4) is 0 Å². The lowest BCUT2D eigenvalue weighted by Crippen LogP contribution is -2.49. The number of nitrogens with zero attached hydrogens (tertiary/aromatic N) is 1. The molecule has 1 saturated heterocycles. The van der Waals surface area contributed by atoms with E-state index in [9.17, 15) is 0 Å². The van der Waals surface area contributed by atoms with Crippen LogP contribution in [0.15, 0.2) is 0 Å². The molecule has 3 aliphatic rings. The van der Waals surface area contributed by atoms with E-state index < -0.39 is 0 Å². The lowest BCUT2D eigenvalue weighted by Gasteiger charge is -2.45. The standard InChI is InChI=1S/C16H30N2/c17-16(9-3-4-10-16)11-13-18-12-5-7-14-6-1-2-8-15(14)18/h14-15H,1-13,17H2/t14-,15-/m1/s1. The molecule has 0 unspecified atom stereocenters. The summed E-state index contributed by atoms with van der Waals surface area (Å²) in [7, 11) is 0. The van der Waals surface area contributed by atoms with Crippen molar-refractivity contribution in [3.05, 3.63) is 0 Å². The van der Waals surface area contributed by atoms with E-state index in [0.29, 0.717) is 0 Å². The highest BCUT2D eigenvalue weighted by atomic mass is 15.2. The molecule has 2 aliphatic carbocycles. The summed E-state index contributed by atoms with van der Waals surface area (Å²) in [6.07, 6.45) is 15.3. The van der Waals surface area contributed by atoms with Crippen molar-refractivity contribution in [3.63, 3.8) is 0 Å². The predicted octanol–water partition coefficient (Wildman–Crippen LogP) is 3.30. The van der Waals surface area contributed by atoms with Gasteiger partial charge in [-0.15, -0.1) is 0 Å². The minimum Gasteiger partial charge on any atom is -0.325 e. The van der Waals surface area contributed by atoms with Gasteiger partial charge in [-0.05, 0) is 57.4 Å². The fraction of sp³-hybridized carbons (Fsp3) is 1.00. The predicted molar refractivity (Wildman–Crippen MR) is 76.6 cm³/mol. The molecule has 104 valence electrons. The zero-order valence-electron chi connectivity index (χ0n) is 11.9. The molecule has 2 atom stereocenters. The van der Waals surface area contributed by atoms with Crippen LogP contribution in [0.25, 0.3) is 0 Å². The molecule has 2 nitrogen and oxygen atoms in total. The van der Waals surface area contributed by atoms with E-state index in [1.165, 1.54) is 83.7 Å². The molecule has 3 fully saturated rings. The van der Waals surface area contributed by atoms with Crippen molar-refractivity contribution >= 4 is 0 Å². The second-order valence-electron chi connectivity index (χ2n) is 7.11. The average Bonchev–Trinajstić information content (AvgIpc) is 2.84. The van der Waals surface area contributed by atoms with E-state index >= 15 is 0 Å². The lowest BCUT2D eigenvalue weighted by molar-refractivity contribution is 0.0548. The van der Waals surface area contributed by atoms with E-state index in [2.05, 4.69) is 4.90 Å². The van der Waals surface area contributed by atoms with Crippen LogP contribution in [0.2, 0.25) is 0 Å². The van der Waals surface area contributed by atoms with Gasteiger partial charge in [-0.3, -0.25) is 0 Å². The van der Waals surface area contributed by atoms with Crippen LogP contribution >= 0.6 is 0 Å². The number of piperidine rings is 1. The average molecular weight is 250 g/mol. The third kappa shape index (κ3) is 2.75. The van der Waals surface area contributed by atoms with E-state index in [1.54, 1.807) is 0 Å². The van der Waals surface area contributed by atoms with Crippen molar-refractivity contribution in [1.29, 1.82) is 0 Å². The van der Waals surface area contributed by atoms with Crippen molar-refractivity contribution in [2.75, 3.05) is 13.1 Å². The fourth-order valence-corrected chi connectivity index (χ4v) is 4.70. The van der Waals surface area contributed by atoms with Crippen LogP contribution in [0.5, 0.6) is 0 Å². The molecule has 0 amide bonds. The maximum atomic E-state index is 6.52. The Balaban J connectivity index is 1.54. The minimum absolute atomic E-state index is 0.196. The maximum Gasteiger partial charge on any atom is 0.0166 e. The number of likely N-dealkylation sites (tertiary alicyclic amines) is 1. The Hall–Kier alpha value is -0.0800. The van der Waals surface area contributed by atoms with E-state index in [4.69, 9.17) is 5.73 Å². The Bertz CT molecular complexity index is 268. The van der Waals surface area contributed by atoms with Crippen LogP contribution in [-0.4, -0.2) is 29.6 Å². The number of fused-ring (bicyclic) bond motifs is 1. The first-order chi connectivity index (χ1) is 8.77. The molecule has 0 bridgehead atoms. The summed E-state index contributed by atoms with van der Waals surface area (Å²) in [6.45, 7) is 2.62. The lowest BCUT2D eigenvalue weighted by atomic mass is 9.78. The molecular weight excluding hydrogens is 220 g/mol. The molecule has 1 heterocycles. The topological polar surface area (TPSA) is 29.3 Å². The molecule has 18 heavy (non-hydrogen) atoms. The van der Waals surface area contributed by atoms with Gasteiger partial charge in [0.05, 0.1) is 0 Å². The summed E-state index contributed by atoms with van der Waals surface area (Å²) in [5, 5.41) is 0. The molecule has 2 N–H and O–H groups in total. The molecule has 1 aliphatic heterocycles. The molecule has 0 spiro atoms. The van der Waals surface area contributed by atoms with E-state index in [-0.39, 0.29) is 5.54 Å². The highest BCUT2D eigenvalue weighted by Gasteiger charge is 2.35. The third-order valence-corrected chi connectivity index (χ3v) is 5.85. The van der Waals surface area contributed by atoms with Gasteiger partial charge >= 0.3 is 0 Å². The summed E-state index contributed by atoms with van der Waals surface area (Å²) in [6, 6.07) is 0.914. The maximum absolute atomic E-state index is 6.52. The van der Waals surface area contributed by atoms with E-state index in [0.717, 1.165) is 12.0 Å². The van der Waals surface area contributed by atoms with Crippen molar-refractivity contribution in [2.24, 2.45) is 11.7 Å². The molecule has 0 radical (unpaired) electrons. The molecular formula is C16H30N2. The Morgan fingerprint density at radius 3 is 2.50 bits per heavy atom. The number of hydrogen-bond donors (Lipinski definition) is 1. The summed E-state index contributed by atoms with van der Waals surface area (Å²) in [5.74, 6) is 1.02. The molecule has 0 aromatic carbocycles. The monoisotopic (exact) mass is 250 g/mol. The first kappa shape index (κ1) is 12.9. The number of nitrogens with two attached hydrogens (primary N) is 1. The van der Waals surface area contributed by atoms with Gasteiger partial charge in [-0.25, -0.2) is 0 Å². The van der Waals surface area contributed by atoms with Crippen molar-refractivity contribution < 1.29 is 0 Å². The second kappa shape index (κ2) is 5.50. The molecule has 3 rings (SSSR count). The van der Waals surface area contributed by atoms with Crippen LogP contribution in [0, 0.1) is 5.92 Å². The fourth-order valence-electron chi connectivity index (χ4n) is 4.70. The summed E-state index contributed by atoms with van der Waals surface area (Å²) >= 11 is 0. The first-order valence-corrected chi connectivity index (χ1v) is 8.30. The Kier molecular flexibility index (Phi) is 3.95. The second-order valence-corrected chi connectivity index (χ2v) is 7.11. The highest BCUT2D eigenvalue weighted by molar-refractivity contribution is 4.92. The summed E-state index contributed by atoms with van der Waals surface area (Å²) in [4.78, 5) is 2.81. The van der Waals surface area contributed by atoms with Gasteiger partial charge in [0.15, 0.2) is 0 Å². The molecule has 0 aromatic heterocycles. The number of hydrogen-bond acceptors (Lipinski definition) is 2. The summed E-state index contributed by atoms with van der Waals surface area (Å²) in [5.41, 5.74) is 6.71. The normalized spacial score (nSPS) is 36.5. The molecule has 0 aromatic rings. The Morgan fingerprint density at radius 2 is 1.67 bits per heavy atom. The van der Waals surface area contributed by atoms with Crippen molar-refractivity contribution in [1.82, 2.24) is 4.90 Å². The third-order valence-electron chi connectivity index (χ3n) is 5.85. The minimum atomic E-state index is 0.196. The Labute approximate surface area is 112 Å². The van der Waals surface area contributed by atoms with Crippen LogP contribution in [0.3, 0.4) is 0 Å². The van der Waals surface area contributed by atoms with Gasteiger partial charge in [0.25, 0.3) is 0 Å². The van der Waals surface area contributed by atoms with Gasteiger partial charge in [0, 0.05) is 18.1 Å². The van der Waals surface area contributed by atoms with E-state index in [1.807, 2.05) is 0 Å². The van der Waals surface area contributed by atoms with Gasteiger partial charge in [0.1, 0.15) is 0 Å².